The van der Waals surface area contributed by atoms with Crippen molar-refractivity contribution in [3.8, 4) is 0 Å². The molecule has 160 valence electrons. The number of carbonyl (C=O) groups is 2. The molecular formula is C20H29N3O5S. The van der Waals surface area contributed by atoms with Crippen LogP contribution in [0.15, 0.2) is 29.2 Å². The van der Waals surface area contributed by atoms with E-state index in [1.165, 1.54) is 21.3 Å². The van der Waals surface area contributed by atoms with Crippen LogP contribution in [-0.2, 0) is 26.1 Å². The summed E-state index contributed by atoms with van der Waals surface area (Å²) in [4.78, 5) is 26.6. The molecule has 29 heavy (non-hydrogen) atoms. The Bertz CT molecular complexity index is 880. The van der Waals surface area contributed by atoms with Crippen LogP contribution in [0.3, 0.4) is 0 Å². The Morgan fingerprint density at radius 1 is 1.21 bits per heavy atom. The molecule has 2 fully saturated rings. The lowest BCUT2D eigenvalue weighted by Gasteiger charge is -2.26. The lowest BCUT2D eigenvalue weighted by Crippen LogP contribution is -2.44. The van der Waals surface area contributed by atoms with Gasteiger partial charge in [0.15, 0.2) is 0 Å². The lowest BCUT2D eigenvalue weighted by molar-refractivity contribution is -0.131. The van der Waals surface area contributed by atoms with Crippen molar-refractivity contribution in [1.82, 2.24) is 14.5 Å². The van der Waals surface area contributed by atoms with E-state index < -0.39 is 21.6 Å². The number of nitrogens with one attached hydrogen (secondary N) is 1. The van der Waals surface area contributed by atoms with Gasteiger partial charge in [-0.15, -0.1) is 0 Å². The predicted molar refractivity (Wildman–Crippen MR) is 108 cm³/mol. The van der Waals surface area contributed by atoms with Crippen molar-refractivity contribution in [3.05, 3.63) is 29.8 Å². The SMILES string of the molecule is CC(C)CC[C@]1(C)NC(=O)N(Cc2cccc(S(=O)(=O)N3CCOCC3)c2)C1=O. The van der Waals surface area contributed by atoms with Gasteiger partial charge in [-0.2, -0.15) is 4.31 Å². The van der Waals surface area contributed by atoms with E-state index in [4.69, 9.17) is 4.74 Å². The van der Waals surface area contributed by atoms with Gasteiger partial charge < -0.3 is 10.1 Å². The molecule has 2 heterocycles. The number of benzene rings is 1. The monoisotopic (exact) mass is 423 g/mol. The third-order valence-electron chi connectivity index (χ3n) is 5.41. The van der Waals surface area contributed by atoms with E-state index >= 15 is 0 Å². The standard InChI is InChI=1S/C20H29N3O5S/c1-15(2)7-8-20(3)18(24)23(19(25)21-20)14-16-5-4-6-17(13-16)29(26,27)22-9-11-28-12-10-22/h4-6,13,15H,7-12,14H2,1-3H3,(H,21,25)/t20-/m0/s1. The molecule has 1 aromatic rings. The largest absolute Gasteiger partial charge is 0.379 e. The first-order valence-electron chi connectivity index (χ1n) is 9.94. The first-order chi connectivity index (χ1) is 13.6. The van der Waals surface area contributed by atoms with Crippen LogP contribution in [0.1, 0.15) is 39.2 Å². The fraction of sp³-hybridized carbons (Fsp3) is 0.600. The predicted octanol–water partition coefficient (Wildman–Crippen LogP) is 1.95. The average Bonchev–Trinajstić information content (AvgIpc) is 2.91. The maximum Gasteiger partial charge on any atom is 0.325 e. The Kier molecular flexibility index (Phi) is 6.30. The van der Waals surface area contributed by atoms with Crippen LogP contribution in [0.4, 0.5) is 4.79 Å². The van der Waals surface area contributed by atoms with E-state index in [-0.39, 0.29) is 17.3 Å². The highest BCUT2D eigenvalue weighted by atomic mass is 32.2. The number of hydrogen-bond donors (Lipinski definition) is 1. The van der Waals surface area contributed by atoms with Crippen molar-refractivity contribution >= 4 is 22.0 Å². The van der Waals surface area contributed by atoms with Crippen molar-refractivity contribution in [1.29, 1.82) is 0 Å². The molecule has 2 aliphatic rings. The van der Waals surface area contributed by atoms with Crippen LogP contribution in [0.5, 0.6) is 0 Å². The van der Waals surface area contributed by atoms with Crippen molar-refractivity contribution < 1.29 is 22.7 Å². The molecule has 9 heteroatoms. The molecule has 1 N–H and O–H groups in total. The van der Waals surface area contributed by atoms with Crippen molar-refractivity contribution in [2.24, 2.45) is 5.92 Å². The number of rotatable bonds is 7. The number of morpholine rings is 1. The number of urea groups is 1. The third kappa shape index (κ3) is 4.62. The molecule has 2 saturated heterocycles. The molecule has 3 amide bonds. The first-order valence-corrected chi connectivity index (χ1v) is 11.4. The number of hydrogen-bond acceptors (Lipinski definition) is 5. The van der Waals surface area contributed by atoms with Gasteiger partial charge in [-0.25, -0.2) is 13.2 Å². The minimum atomic E-state index is -3.64. The van der Waals surface area contributed by atoms with Crippen LogP contribution in [0.2, 0.25) is 0 Å². The Labute approximate surface area is 172 Å². The van der Waals surface area contributed by atoms with Gasteiger partial charge in [-0.05, 0) is 43.4 Å². The molecule has 0 bridgehead atoms. The summed E-state index contributed by atoms with van der Waals surface area (Å²) in [5.74, 6) is 0.150. The maximum absolute atomic E-state index is 12.9. The van der Waals surface area contributed by atoms with Crippen LogP contribution in [0.25, 0.3) is 0 Å². The topological polar surface area (TPSA) is 96.0 Å². The molecule has 1 atom stereocenters. The normalized spacial score (nSPS) is 23.7. The quantitative estimate of drug-likeness (QED) is 0.677. The number of sulfonamides is 1. The molecular weight excluding hydrogens is 394 g/mol. The summed E-state index contributed by atoms with van der Waals surface area (Å²) in [6.07, 6.45) is 1.39. The van der Waals surface area contributed by atoms with E-state index in [0.29, 0.717) is 44.2 Å². The second-order valence-electron chi connectivity index (χ2n) is 8.25. The molecule has 1 aromatic carbocycles. The highest BCUT2D eigenvalue weighted by Gasteiger charge is 2.47. The van der Waals surface area contributed by atoms with Gasteiger partial charge in [0.1, 0.15) is 5.54 Å². The molecule has 0 saturated carbocycles. The number of nitrogens with zero attached hydrogens (tertiary/aromatic N) is 2. The molecule has 0 aliphatic carbocycles. The summed E-state index contributed by atoms with van der Waals surface area (Å²) >= 11 is 0. The number of carbonyl (C=O) groups excluding carboxylic acids is 2. The van der Waals surface area contributed by atoms with Gasteiger partial charge in [0, 0.05) is 13.1 Å². The summed E-state index contributed by atoms with van der Waals surface area (Å²) in [7, 11) is -3.64. The summed E-state index contributed by atoms with van der Waals surface area (Å²) in [5, 5.41) is 2.80. The van der Waals surface area contributed by atoms with Gasteiger partial charge >= 0.3 is 6.03 Å². The van der Waals surface area contributed by atoms with Crippen LogP contribution in [0, 0.1) is 5.92 Å². The number of imide groups is 1. The zero-order chi connectivity index (χ0) is 21.2. The summed E-state index contributed by atoms with van der Waals surface area (Å²) in [6.45, 7) is 7.29. The Hall–Kier alpha value is -1.97. The molecule has 2 aliphatic heterocycles. The Balaban J connectivity index is 1.76. The second-order valence-corrected chi connectivity index (χ2v) is 10.2. The van der Waals surface area contributed by atoms with Crippen molar-refractivity contribution in [2.75, 3.05) is 26.3 Å². The average molecular weight is 424 g/mol. The Morgan fingerprint density at radius 3 is 2.55 bits per heavy atom. The number of amides is 3. The Morgan fingerprint density at radius 2 is 1.90 bits per heavy atom. The van der Waals surface area contributed by atoms with Crippen LogP contribution >= 0.6 is 0 Å². The lowest BCUT2D eigenvalue weighted by atomic mass is 9.92. The van der Waals surface area contributed by atoms with Gasteiger partial charge in [-0.3, -0.25) is 9.69 Å². The van der Waals surface area contributed by atoms with E-state index in [0.717, 1.165) is 6.42 Å². The minimum absolute atomic E-state index is 0.0361. The van der Waals surface area contributed by atoms with Gasteiger partial charge in [0.25, 0.3) is 5.91 Å². The van der Waals surface area contributed by atoms with E-state index in [9.17, 15) is 18.0 Å². The van der Waals surface area contributed by atoms with Crippen LogP contribution in [-0.4, -0.2) is 61.4 Å². The summed E-state index contributed by atoms with van der Waals surface area (Å²) < 4.78 is 32.4. The van der Waals surface area contributed by atoms with Gasteiger partial charge in [0.05, 0.1) is 24.7 Å². The first kappa shape index (κ1) is 21.7. The van der Waals surface area contributed by atoms with Crippen molar-refractivity contribution in [3.63, 3.8) is 0 Å². The van der Waals surface area contributed by atoms with Gasteiger partial charge in [0.2, 0.25) is 10.0 Å². The van der Waals surface area contributed by atoms with E-state index in [2.05, 4.69) is 19.2 Å². The highest BCUT2D eigenvalue weighted by Crippen LogP contribution is 2.27. The molecule has 0 spiro atoms. The summed E-state index contributed by atoms with van der Waals surface area (Å²) in [5.41, 5.74) is -0.324. The fourth-order valence-electron chi connectivity index (χ4n) is 3.56. The van der Waals surface area contributed by atoms with E-state index in [1.54, 1.807) is 19.1 Å². The van der Waals surface area contributed by atoms with Gasteiger partial charge in [-0.1, -0.05) is 26.0 Å². The molecule has 3 rings (SSSR count). The highest BCUT2D eigenvalue weighted by molar-refractivity contribution is 7.89. The fourth-order valence-corrected chi connectivity index (χ4v) is 5.04. The number of ether oxygens (including phenoxy) is 1. The minimum Gasteiger partial charge on any atom is -0.379 e. The molecule has 0 radical (unpaired) electrons. The zero-order valence-electron chi connectivity index (χ0n) is 17.2. The zero-order valence-corrected chi connectivity index (χ0v) is 18.0. The smallest absolute Gasteiger partial charge is 0.325 e. The molecule has 8 nitrogen and oxygen atoms in total. The van der Waals surface area contributed by atoms with Crippen LogP contribution < -0.4 is 5.32 Å². The third-order valence-corrected chi connectivity index (χ3v) is 7.31. The molecule has 0 aromatic heterocycles. The van der Waals surface area contributed by atoms with E-state index in [1.807, 2.05) is 0 Å². The maximum atomic E-state index is 12.9. The second kappa shape index (κ2) is 8.41. The summed E-state index contributed by atoms with van der Waals surface area (Å²) in [6, 6.07) is 5.99. The molecule has 0 unspecified atom stereocenters. The van der Waals surface area contributed by atoms with Crippen molar-refractivity contribution in [2.45, 2.75) is 50.6 Å².